The highest BCUT2D eigenvalue weighted by atomic mass is 32.1. The Morgan fingerprint density at radius 1 is 0.826 bits per heavy atom. The number of rotatable bonds is 1. The fourth-order valence-corrected chi connectivity index (χ4v) is 4.21. The van der Waals surface area contributed by atoms with Gasteiger partial charge in [0.25, 0.3) is 0 Å². The maximum Gasteiger partial charge on any atom is 0.113 e. The van der Waals surface area contributed by atoms with Crippen molar-refractivity contribution in [2.45, 2.75) is 0 Å². The van der Waals surface area contributed by atoms with Crippen molar-refractivity contribution < 1.29 is 0 Å². The van der Waals surface area contributed by atoms with Gasteiger partial charge < -0.3 is 0 Å². The lowest BCUT2D eigenvalue weighted by Gasteiger charge is -2.05. The number of nitrogens with zero attached hydrogens (tertiary/aromatic N) is 3. The summed E-state index contributed by atoms with van der Waals surface area (Å²) in [7, 11) is 0. The van der Waals surface area contributed by atoms with Gasteiger partial charge >= 0.3 is 0 Å². The van der Waals surface area contributed by atoms with Crippen LogP contribution in [0.3, 0.4) is 0 Å². The van der Waals surface area contributed by atoms with E-state index in [1.165, 1.54) is 14.8 Å². The molecule has 0 aliphatic rings. The molecule has 3 heterocycles. The van der Waals surface area contributed by atoms with Gasteiger partial charge in [0.15, 0.2) is 0 Å². The molecule has 0 bridgehead atoms. The number of pyridine rings is 1. The molecule has 0 unspecified atom stereocenters. The first kappa shape index (κ1) is 12.7. The predicted molar refractivity (Wildman–Crippen MR) is 95.7 cm³/mol. The second-order valence-corrected chi connectivity index (χ2v) is 6.47. The molecule has 4 heteroatoms. The molecule has 23 heavy (non-hydrogen) atoms. The summed E-state index contributed by atoms with van der Waals surface area (Å²) < 4.78 is 2.42. The molecule has 3 aromatic heterocycles. The van der Waals surface area contributed by atoms with Gasteiger partial charge in [0.05, 0.1) is 16.4 Å². The maximum atomic E-state index is 4.56. The van der Waals surface area contributed by atoms with Gasteiger partial charge in [-0.1, -0.05) is 42.5 Å². The summed E-state index contributed by atoms with van der Waals surface area (Å²) in [5.41, 5.74) is 2.91. The quantitative estimate of drug-likeness (QED) is 0.434. The van der Waals surface area contributed by atoms with Crippen LogP contribution in [-0.2, 0) is 0 Å². The smallest absolute Gasteiger partial charge is 0.113 e. The average Bonchev–Trinajstić information content (AvgIpc) is 3.00. The Balaban J connectivity index is 1.93. The van der Waals surface area contributed by atoms with Gasteiger partial charge in [-0.15, -0.1) is 16.4 Å². The monoisotopic (exact) mass is 313 g/mol. The first-order valence-corrected chi connectivity index (χ1v) is 8.20. The Bertz CT molecular complexity index is 1170. The van der Waals surface area contributed by atoms with Gasteiger partial charge in [-0.3, -0.25) is 4.98 Å². The highest BCUT2D eigenvalue weighted by Crippen LogP contribution is 2.39. The number of hydrogen-bond acceptors (Lipinski definition) is 4. The molecule has 0 amide bonds. The first-order valence-electron chi connectivity index (χ1n) is 7.39. The lowest BCUT2D eigenvalue weighted by Crippen LogP contribution is -1.90. The van der Waals surface area contributed by atoms with Crippen molar-refractivity contribution in [1.29, 1.82) is 0 Å². The van der Waals surface area contributed by atoms with Crippen LogP contribution >= 0.6 is 11.3 Å². The van der Waals surface area contributed by atoms with Gasteiger partial charge in [0.2, 0.25) is 0 Å². The lowest BCUT2D eigenvalue weighted by molar-refractivity contribution is 1.06. The summed E-state index contributed by atoms with van der Waals surface area (Å²) in [4.78, 5) is 4.56. The Morgan fingerprint density at radius 2 is 1.74 bits per heavy atom. The van der Waals surface area contributed by atoms with Crippen LogP contribution in [0.5, 0.6) is 0 Å². The van der Waals surface area contributed by atoms with E-state index in [1.807, 2.05) is 24.5 Å². The molecule has 0 spiro atoms. The summed E-state index contributed by atoms with van der Waals surface area (Å²) in [6, 6.07) is 18.6. The first-order chi connectivity index (χ1) is 11.4. The molecule has 0 atom stereocenters. The van der Waals surface area contributed by atoms with Crippen LogP contribution in [0.1, 0.15) is 0 Å². The molecule has 0 aliphatic carbocycles. The van der Waals surface area contributed by atoms with Crippen LogP contribution in [0.2, 0.25) is 0 Å². The maximum absolute atomic E-state index is 4.56. The van der Waals surface area contributed by atoms with E-state index in [-0.39, 0.29) is 0 Å². The third-order valence-electron chi connectivity index (χ3n) is 4.08. The van der Waals surface area contributed by atoms with Crippen LogP contribution in [0, 0.1) is 0 Å². The minimum Gasteiger partial charge on any atom is -0.256 e. The van der Waals surface area contributed by atoms with Crippen molar-refractivity contribution >= 4 is 42.4 Å². The molecule has 0 N–H and O–H groups in total. The third-order valence-corrected chi connectivity index (χ3v) is 5.27. The van der Waals surface area contributed by atoms with Crippen molar-refractivity contribution in [2.24, 2.45) is 0 Å². The van der Waals surface area contributed by atoms with Crippen LogP contribution in [-0.4, -0.2) is 15.2 Å². The molecule has 0 fully saturated rings. The number of benzene rings is 2. The molecule has 0 saturated heterocycles. The minimum absolute atomic E-state index is 0.910. The van der Waals surface area contributed by atoms with Crippen molar-refractivity contribution in [3.8, 4) is 11.3 Å². The van der Waals surface area contributed by atoms with E-state index in [0.29, 0.717) is 0 Å². The second-order valence-electron chi connectivity index (χ2n) is 5.41. The summed E-state index contributed by atoms with van der Waals surface area (Å²) in [6.07, 6.45) is 3.68. The molecule has 5 aromatic rings. The molecule has 108 valence electrons. The molecular weight excluding hydrogens is 302 g/mol. The largest absolute Gasteiger partial charge is 0.256 e. The Labute approximate surface area is 136 Å². The zero-order chi connectivity index (χ0) is 15.2. The molecule has 0 radical (unpaired) electrons. The van der Waals surface area contributed by atoms with Gasteiger partial charge in [-0.05, 0) is 12.1 Å². The third kappa shape index (κ3) is 1.85. The van der Waals surface area contributed by atoms with E-state index in [0.717, 1.165) is 27.5 Å². The van der Waals surface area contributed by atoms with Crippen molar-refractivity contribution in [3.05, 3.63) is 67.0 Å². The highest BCUT2D eigenvalue weighted by molar-refractivity contribution is 7.26. The average molecular weight is 313 g/mol. The Morgan fingerprint density at radius 3 is 2.74 bits per heavy atom. The molecule has 0 saturated carbocycles. The highest BCUT2D eigenvalue weighted by Gasteiger charge is 2.14. The number of hydrogen-bond donors (Lipinski definition) is 0. The van der Waals surface area contributed by atoms with Gasteiger partial charge in [0, 0.05) is 32.6 Å². The lowest BCUT2D eigenvalue weighted by atomic mass is 10.1. The number of para-hydroxylation sites is 1. The van der Waals surface area contributed by atoms with Gasteiger partial charge in [0.1, 0.15) is 5.69 Å². The van der Waals surface area contributed by atoms with Crippen molar-refractivity contribution in [3.63, 3.8) is 0 Å². The predicted octanol–water partition coefficient (Wildman–Crippen LogP) is 5.06. The van der Waals surface area contributed by atoms with E-state index >= 15 is 0 Å². The van der Waals surface area contributed by atoms with E-state index < -0.39 is 0 Å². The number of aromatic nitrogens is 3. The zero-order valence-electron chi connectivity index (χ0n) is 12.1. The normalized spacial score (nSPS) is 11.5. The van der Waals surface area contributed by atoms with Gasteiger partial charge in [-0.2, -0.15) is 5.10 Å². The summed E-state index contributed by atoms with van der Waals surface area (Å²) in [6.45, 7) is 0. The van der Waals surface area contributed by atoms with Crippen LogP contribution in [0.15, 0.2) is 67.0 Å². The van der Waals surface area contributed by atoms with Crippen LogP contribution in [0.4, 0.5) is 0 Å². The Kier molecular flexibility index (Phi) is 2.66. The standard InChI is InChI=1S/C19H11N3S/c1-2-9-16-13(7-1)15-11-21-22-18(19(15)23-16)14-8-3-5-12-6-4-10-20-17(12)14/h1-11H. The SMILES string of the molecule is c1cnc2c(-c3nncc4c3sc3ccccc34)cccc2c1. The second kappa shape index (κ2) is 4.83. The fraction of sp³-hybridized carbons (Fsp3) is 0. The van der Waals surface area contributed by atoms with E-state index in [2.05, 4.69) is 57.6 Å². The topological polar surface area (TPSA) is 38.7 Å². The molecular formula is C19H11N3S. The van der Waals surface area contributed by atoms with Crippen molar-refractivity contribution in [2.75, 3.05) is 0 Å². The number of thiophene rings is 1. The Hall–Kier alpha value is -2.85. The van der Waals surface area contributed by atoms with Crippen LogP contribution < -0.4 is 0 Å². The van der Waals surface area contributed by atoms with Crippen molar-refractivity contribution in [1.82, 2.24) is 15.2 Å². The van der Waals surface area contributed by atoms with E-state index in [1.54, 1.807) is 11.3 Å². The van der Waals surface area contributed by atoms with Crippen LogP contribution in [0.25, 0.3) is 42.3 Å². The molecule has 0 aliphatic heterocycles. The zero-order valence-corrected chi connectivity index (χ0v) is 12.9. The van der Waals surface area contributed by atoms with E-state index in [9.17, 15) is 0 Å². The molecule has 5 rings (SSSR count). The summed E-state index contributed by atoms with van der Waals surface area (Å²) in [5.74, 6) is 0. The summed E-state index contributed by atoms with van der Waals surface area (Å²) >= 11 is 1.76. The summed E-state index contributed by atoms with van der Waals surface area (Å²) in [5, 5.41) is 12.2. The van der Waals surface area contributed by atoms with Gasteiger partial charge in [-0.25, -0.2) is 0 Å². The van der Waals surface area contributed by atoms with E-state index in [4.69, 9.17) is 0 Å². The fourth-order valence-electron chi connectivity index (χ4n) is 3.03. The molecule has 3 nitrogen and oxygen atoms in total. The minimum atomic E-state index is 0.910. The number of fused-ring (bicyclic) bond motifs is 4. The molecule has 2 aromatic carbocycles.